The van der Waals surface area contributed by atoms with E-state index in [0.717, 1.165) is 0 Å². The van der Waals surface area contributed by atoms with E-state index < -0.39 is 319 Å². The second-order valence-corrected chi connectivity index (χ2v) is 34.0. The van der Waals surface area contributed by atoms with E-state index in [1.54, 1.807) is 0 Å². The normalized spacial score (nSPS) is 13.9. The molecule has 0 heterocycles. The maximum Gasteiger partial charge on any atom is 0.294 e. The van der Waals surface area contributed by atoms with Crippen LogP contribution in [-0.2, 0) is 137 Å². The summed E-state index contributed by atoms with van der Waals surface area (Å²) in [5.74, 6) is -9.52. The molecule has 0 unspecified atom stereocenters. The number of rotatable bonds is 11. The van der Waals surface area contributed by atoms with Crippen LogP contribution in [0.15, 0.2) is 136 Å². The van der Waals surface area contributed by atoms with Gasteiger partial charge in [0.1, 0.15) is 46.0 Å². The Morgan fingerprint density at radius 1 is 0.250 bits per heavy atom. The number of aromatic hydroxyl groups is 7. The highest BCUT2D eigenvalue weighted by Gasteiger charge is 2.31. The van der Waals surface area contributed by atoms with Crippen molar-refractivity contribution in [1.82, 2.24) is 0 Å². The quantitative estimate of drug-likeness (QED) is 0.0824. The minimum atomic E-state index is -5.50. The molecule has 9 rings (SSSR count). The van der Waals surface area contributed by atoms with Crippen LogP contribution in [0.3, 0.4) is 0 Å². The minimum absolute atomic E-state index is 0.549. The molecule has 0 fully saturated rings. The van der Waals surface area contributed by atoms with Crippen LogP contribution in [0.4, 0.5) is 0 Å². The van der Waals surface area contributed by atoms with E-state index in [2.05, 4.69) is 0 Å². The Morgan fingerprint density at radius 3 is 0.470 bits per heavy atom. The molecule has 8 aromatic rings. The molecule has 8 aromatic carbocycles. The average Bonchev–Trinajstić information content (AvgIpc) is 0.778. The number of hydrogen-bond acceptors (Lipinski definition) is 25. The van der Waals surface area contributed by atoms with Crippen molar-refractivity contribution in [3.05, 3.63) is 186 Å². The summed E-state index contributed by atoms with van der Waals surface area (Å²) in [5.41, 5.74) is -5.82. The number of nitrogens with two attached hydrogens (primary N) is 1. The molecule has 0 aliphatic heterocycles. The lowest BCUT2D eigenvalue weighted by Crippen LogP contribution is -2.21. The fourth-order valence-corrected chi connectivity index (χ4v) is 15.8. The van der Waals surface area contributed by atoms with Gasteiger partial charge in [-0.25, -0.2) is 0 Å². The summed E-state index contributed by atoms with van der Waals surface area (Å²) >= 11 is 0. The van der Waals surface area contributed by atoms with Crippen molar-refractivity contribution in [2.45, 2.75) is 90.5 Å². The Kier molecular flexibility index (Phi) is 19.9. The lowest BCUT2D eigenvalue weighted by Gasteiger charge is -2.20. The highest BCUT2D eigenvalue weighted by atomic mass is 32.2. The van der Waals surface area contributed by atoms with Crippen molar-refractivity contribution in [1.29, 1.82) is 0 Å². The first-order valence-corrected chi connectivity index (χ1v) is 39.1. The third kappa shape index (κ3) is 16.5. The van der Waals surface area contributed by atoms with E-state index in [9.17, 15) is 144 Å². The zero-order chi connectivity index (χ0) is 74.4. The first-order chi connectivity index (χ1) is 45.8. The van der Waals surface area contributed by atoms with Gasteiger partial charge in [0.15, 0.2) is 6.61 Å². The standard InChI is InChI=1S/C58H51NO33S8/c59-50(60)25-92-58-40-7-38-21-47(98(83,84)85)19-36(56(38)66)5-34-17-45(96(77,78)79)15-32(54(34)64)3-30-13-43(94(71,72)73)11-28(52(30)62)1-26-9-42(93(68,69)70)10-27(51(26)61)2-29-12-44(95(74,75)76)14-31(53(29)63)4-33-16-46(97(80,81)82)18-35(55(33)65)6-37-20-48(99(86,87)88)22-39(57(37)67)8-41(58)24-49(23-40)100(89,90)91/h9-24,61-67H,1-8,25H2,(H2,59,60)(H,68,69,70)(H,71,72,73)(H,74,75,76)(H,77,78,79)(H,80,81,82)(H,83,84,85)(H,86,87,88)(H,89,90,91). The first kappa shape index (κ1) is 75.1. The van der Waals surface area contributed by atoms with Gasteiger partial charge in [-0.05, 0) is 97.1 Å². The highest BCUT2D eigenvalue weighted by Crippen LogP contribution is 2.44. The molecular formula is C58H51NO33S8. The van der Waals surface area contributed by atoms with Crippen molar-refractivity contribution in [2.24, 2.45) is 5.73 Å². The molecule has 16 bridgehead atoms. The van der Waals surface area contributed by atoms with Crippen LogP contribution in [0, 0.1) is 0 Å². The lowest BCUT2D eigenvalue weighted by atomic mass is 9.91. The Hall–Kier alpha value is -9.09. The zero-order valence-electron chi connectivity index (χ0n) is 50.0. The maximum absolute atomic E-state index is 13.1. The molecule has 100 heavy (non-hydrogen) atoms. The SMILES string of the molecule is NC(=O)COc1c2cc(S(=O)(=O)O)cc1Cc1cc(S(=O)(=O)O)cc(c1O)Cc1cc(S(=O)(=O)O)cc(c1O)Cc1cc(S(=O)(=O)O)cc(c1O)Cc1cc(S(=O)(=O)O)cc(c1O)Cc1cc(S(=O)(=O)O)cc(c1O)Cc1cc(S(=O)(=O)O)cc(c1O)Cc1cc(S(=O)(=O)O)cc(c1O)C2. The molecule has 1 aliphatic rings. The third-order valence-corrected chi connectivity index (χ3v) is 22.3. The molecule has 17 N–H and O–H groups in total. The number of ether oxygens (including phenoxy) is 1. The number of carbonyl (C=O) groups is 1. The summed E-state index contributed by atoms with van der Waals surface area (Å²) < 4.78 is 297. The molecular weight excluding hydrogens is 1500 g/mol. The fourth-order valence-electron chi connectivity index (χ4n) is 11.1. The van der Waals surface area contributed by atoms with Gasteiger partial charge in [-0.2, -0.15) is 67.3 Å². The predicted octanol–water partition coefficient (Wildman–Crippen LogP) is 3.50. The van der Waals surface area contributed by atoms with Crippen LogP contribution < -0.4 is 10.5 Å². The predicted molar refractivity (Wildman–Crippen MR) is 339 cm³/mol. The largest absolute Gasteiger partial charge is 0.507 e. The monoisotopic (exact) mass is 1550 g/mol. The highest BCUT2D eigenvalue weighted by molar-refractivity contribution is 7.87. The van der Waals surface area contributed by atoms with Crippen LogP contribution in [0.5, 0.6) is 46.0 Å². The van der Waals surface area contributed by atoms with Gasteiger partial charge >= 0.3 is 0 Å². The fraction of sp³-hybridized carbons (Fsp3) is 0.155. The molecule has 0 saturated heterocycles. The van der Waals surface area contributed by atoms with Crippen molar-refractivity contribution in [3.8, 4) is 46.0 Å². The summed E-state index contributed by atoms with van der Waals surface area (Å²) in [6.45, 7) is -1.17. The molecule has 0 aromatic heterocycles. The van der Waals surface area contributed by atoms with Crippen molar-refractivity contribution in [2.75, 3.05) is 6.61 Å². The molecule has 1 aliphatic carbocycles. The van der Waals surface area contributed by atoms with Gasteiger partial charge in [-0.1, -0.05) is 0 Å². The molecule has 534 valence electrons. The molecule has 0 radical (unpaired) electrons. The summed E-state index contributed by atoms with van der Waals surface area (Å²) in [5, 5.41) is 83.9. The summed E-state index contributed by atoms with van der Waals surface area (Å²) in [6.07, 6.45) is -8.66. The number of fused-ring (bicyclic) bond motifs is 16. The molecule has 34 nitrogen and oxygen atoms in total. The van der Waals surface area contributed by atoms with Gasteiger partial charge in [0.25, 0.3) is 86.9 Å². The van der Waals surface area contributed by atoms with E-state index in [4.69, 9.17) is 10.5 Å². The zero-order valence-corrected chi connectivity index (χ0v) is 56.5. The van der Waals surface area contributed by atoms with E-state index in [1.807, 2.05) is 0 Å². The van der Waals surface area contributed by atoms with Crippen LogP contribution in [0.1, 0.15) is 89.0 Å². The number of phenols is 7. The number of phenolic OH excluding ortho intramolecular Hbond substituents is 7. The van der Waals surface area contributed by atoms with Crippen LogP contribution in [0.25, 0.3) is 0 Å². The Morgan fingerprint density at radius 2 is 0.360 bits per heavy atom. The van der Waals surface area contributed by atoms with Gasteiger partial charge in [-0.3, -0.25) is 41.2 Å². The van der Waals surface area contributed by atoms with Crippen LogP contribution in [0.2, 0.25) is 0 Å². The van der Waals surface area contributed by atoms with Gasteiger partial charge in [0, 0.05) is 140 Å². The van der Waals surface area contributed by atoms with Crippen molar-refractivity contribution in [3.63, 3.8) is 0 Å². The first-order valence-electron chi connectivity index (χ1n) is 27.6. The molecule has 0 atom stereocenters. The third-order valence-electron chi connectivity index (χ3n) is 15.7. The summed E-state index contributed by atoms with van der Waals surface area (Å²) in [4.78, 5) is 3.34. The van der Waals surface area contributed by atoms with Crippen LogP contribution >= 0.6 is 0 Å². The van der Waals surface area contributed by atoms with E-state index in [0.29, 0.717) is 97.1 Å². The second-order valence-electron chi connectivity index (χ2n) is 22.7. The van der Waals surface area contributed by atoms with Gasteiger partial charge < -0.3 is 46.2 Å². The average molecular weight is 1550 g/mol. The smallest absolute Gasteiger partial charge is 0.294 e. The molecule has 0 saturated carbocycles. The number of amides is 1. The summed E-state index contributed by atoms with van der Waals surface area (Å²) in [6, 6.07) is 8.93. The Labute approximate surface area is 567 Å². The van der Waals surface area contributed by atoms with E-state index >= 15 is 0 Å². The minimum Gasteiger partial charge on any atom is -0.507 e. The second kappa shape index (κ2) is 26.5. The number of primary amides is 1. The topological polar surface area (TPSA) is 629 Å². The van der Waals surface area contributed by atoms with Gasteiger partial charge in [0.05, 0.1) is 39.2 Å². The van der Waals surface area contributed by atoms with E-state index in [1.165, 1.54) is 0 Å². The number of hydrogen-bond donors (Lipinski definition) is 16. The number of carbonyl (C=O) groups excluding carboxylic acids is 1. The van der Waals surface area contributed by atoms with Crippen molar-refractivity contribution >= 4 is 86.9 Å². The van der Waals surface area contributed by atoms with Crippen molar-refractivity contribution < 1.29 is 149 Å². The molecule has 1 amide bonds. The van der Waals surface area contributed by atoms with Gasteiger partial charge in [0.2, 0.25) is 0 Å². The van der Waals surface area contributed by atoms with Crippen LogP contribution in [-0.4, -0.2) is 152 Å². The molecule has 42 heteroatoms. The Balaban J connectivity index is 1.39. The Bertz CT molecular complexity index is 5530. The number of benzene rings is 8. The lowest BCUT2D eigenvalue weighted by molar-refractivity contribution is -0.120. The summed E-state index contributed by atoms with van der Waals surface area (Å²) in [7, 11) is -43.7. The van der Waals surface area contributed by atoms with Gasteiger partial charge in [-0.15, -0.1) is 0 Å². The molecule has 0 spiro atoms. The van der Waals surface area contributed by atoms with E-state index in [-0.39, 0.29) is 0 Å². The maximum atomic E-state index is 13.1.